The lowest BCUT2D eigenvalue weighted by atomic mass is 9.45. The van der Waals surface area contributed by atoms with Gasteiger partial charge in [0, 0.05) is 12.1 Å². The molecule has 4 fully saturated rings. The first-order chi connectivity index (χ1) is 13.0. The van der Waals surface area contributed by atoms with E-state index in [0.717, 1.165) is 42.9 Å². The van der Waals surface area contributed by atoms with Crippen molar-refractivity contribution in [3.63, 3.8) is 0 Å². The van der Waals surface area contributed by atoms with Gasteiger partial charge in [0.05, 0.1) is 6.10 Å². The Morgan fingerprint density at radius 3 is 2.63 bits per heavy atom. The lowest BCUT2D eigenvalue weighted by Crippen LogP contribution is -2.54. The van der Waals surface area contributed by atoms with E-state index in [4.69, 9.17) is 10.6 Å². The predicted octanol–water partition coefficient (Wildman–Crippen LogP) is 4.36. The van der Waals surface area contributed by atoms with E-state index in [1.54, 1.807) is 0 Å². The molecule has 0 aromatic carbocycles. The van der Waals surface area contributed by atoms with Crippen molar-refractivity contribution in [3.8, 4) is 0 Å². The van der Waals surface area contributed by atoms with Crippen molar-refractivity contribution in [2.24, 2.45) is 51.3 Å². The predicted molar refractivity (Wildman–Crippen MR) is 109 cm³/mol. The molecule has 0 aliphatic heterocycles. The molecule has 4 nitrogen and oxygen atoms in total. The summed E-state index contributed by atoms with van der Waals surface area (Å²) in [5, 5.41) is 14.5. The summed E-state index contributed by atoms with van der Waals surface area (Å²) < 4.78 is 0. The van der Waals surface area contributed by atoms with Crippen LogP contribution in [0.4, 0.5) is 0 Å². The molecule has 0 spiro atoms. The van der Waals surface area contributed by atoms with E-state index in [1.165, 1.54) is 44.9 Å². The quantitative estimate of drug-likeness (QED) is 0.426. The van der Waals surface area contributed by atoms with Crippen molar-refractivity contribution >= 4 is 6.21 Å². The second-order valence-corrected chi connectivity index (χ2v) is 10.5. The van der Waals surface area contributed by atoms with Crippen LogP contribution in [-0.2, 0) is 4.84 Å². The van der Waals surface area contributed by atoms with Gasteiger partial charge in [0.1, 0.15) is 6.61 Å². The number of oxime groups is 1. The number of aliphatic hydroxyl groups excluding tert-OH is 1. The molecule has 0 aromatic rings. The molecular weight excluding hydrogens is 336 g/mol. The van der Waals surface area contributed by atoms with Crippen LogP contribution in [0.3, 0.4) is 0 Å². The summed E-state index contributed by atoms with van der Waals surface area (Å²) in [5.74, 6) is 3.93. The van der Waals surface area contributed by atoms with Crippen LogP contribution in [0.2, 0.25) is 0 Å². The maximum absolute atomic E-state index is 10.2. The van der Waals surface area contributed by atoms with E-state index in [0.29, 0.717) is 29.9 Å². The number of aliphatic hydroxyl groups is 1. The summed E-state index contributed by atoms with van der Waals surface area (Å²) in [7, 11) is 0. The molecule has 4 aliphatic rings. The van der Waals surface area contributed by atoms with Crippen LogP contribution in [0, 0.1) is 40.4 Å². The zero-order valence-corrected chi connectivity index (χ0v) is 17.4. The standard InChI is InChI=1S/C23H40N2O2/c1-22-10-8-18(26)14-16(22)4-6-19-20-7-5-17(15-25-27-13-3-12-24)23(20,2)11-9-21(19)22/h15-21,26H,3-14,24H2,1-2H3/b25-15+/t16?,17?,18?,19-,20-,21+,22-,23+/m0/s1. The minimum atomic E-state index is -0.0418. The van der Waals surface area contributed by atoms with Gasteiger partial charge in [-0.2, -0.15) is 0 Å². The van der Waals surface area contributed by atoms with E-state index in [9.17, 15) is 5.11 Å². The van der Waals surface area contributed by atoms with E-state index >= 15 is 0 Å². The van der Waals surface area contributed by atoms with Gasteiger partial charge in [-0.25, -0.2) is 0 Å². The second kappa shape index (κ2) is 7.67. The molecule has 0 radical (unpaired) electrons. The highest BCUT2D eigenvalue weighted by molar-refractivity contribution is 5.62. The summed E-state index contributed by atoms with van der Waals surface area (Å²) in [4.78, 5) is 5.43. The minimum Gasteiger partial charge on any atom is -0.396 e. The van der Waals surface area contributed by atoms with Crippen molar-refractivity contribution in [2.45, 2.75) is 84.2 Å². The van der Waals surface area contributed by atoms with Crippen LogP contribution in [0.25, 0.3) is 0 Å². The Kier molecular flexibility index (Phi) is 5.59. The zero-order chi connectivity index (χ0) is 19.1. The monoisotopic (exact) mass is 376 g/mol. The van der Waals surface area contributed by atoms with E-state index < -0.39 is 0 Å². The first-order valence-corrected chi connectivity index (χ1v) is 11.5. The second-order valence-electron chi connectivity index (χ2n) is 10.5. The van der Waals surface area contributed by atoms with Gasteiger partial charge >= 0.3 is 0 Å². The fourth-order valence-electron chi connectivity index (χ4n) is 7.84. The molecule has 0 bridgehead atoms. The van der Waals surface area contributed by atoms with Crippen molar-refractivity contribution in [1.82, 2.24) is 0 Å². The third kappa shape index (κ3) is 3.35. The van der Waals surface area contributed by atoms with Crippen LogP contribution in [0.15, 0.2) is 5.16 Å². The summed E-state index contributed by atoms with van der Waals surface area (Å²) >= 11 is 0. The summed E-state index contributed by atoms with van der Waals surface area (Å²) in [6, 6.07) is 0. The first kappa shape index (κ1) is 19.7. The largest absolute Gasteiger partial charge is 0.396 e. The molecular formula is C23H40N2O2. The molecule has 4 aliphatic carbocycles. The third-order valence-electron chi connectivity index (χ3n) is 9.47. The van der Waals surface area contributed by atoms with Crippen molar-refractivity contribution in [2.75, 3.05) is 13.2 Å². The molecule has 0 amide bonds. The molecule has 154 valence electrons. The van der Waals surface area contributed by atoms with Gasteiger partial charge in [-0.05, 0) is 105 Å². The minimum absolute atomic E-state index is 0.0418. The molecule has 3 N–H and O–H groups in total. The lowest BCUT2D eigenvalue weighted by Gasteiger charge is -2.60. The highest BCUT2D eigenvalue weighted by Gasteiger charge is 2.59. The zero-order valence-electron chi connectivity index (χ0n) is 17.4. The number of rotatable bonds is 5. The number of nitrogens with two attached hydrogens (primary N) is 1. The van der Waals surface area contributed by atoms with Gasteiger partial charge in [0.15, 0.2) is 0 Å². The fourth-order valence-corrected chi connectivity index (χ4v) is 7.84. The number of fused-ring (bicyclic) bond motifs is 5. The Balaban J connectivity index is 1.46. The smallest absolute Gasteiger partial charge is 0.118 e. The average Bonchev–Trinajstić information content (AvgIpc) is 2.99. The molecule has 4 heteroatoms. The lowest BCUT2D eigenvalue weighted by molar-refractivity contribution is -0.123. The third-order valence-corrected chi connectivity index (χ3v) is 9.47. The molecule has 0 heterocycles. The van der Waals surface area contributed by atoms with Gasteiger partial charge in [0.2, 0.25) is 0 Å². The number of nitrogens with zero attached hydrogens (tertiary/aromatic N) is 1. The van der Waals surface area contributed by atoms with Crippen molar-refractivity contribution in [1.29, 1.82) is 0 Å². The highest BCUT2D eigenvalue weighted by atomic mass is 16.6. The molecule has 0 aromatic heterocycles. The van der Waals surface area contributed by atoms with E-state index in [1.807, 2.05) is 0 Å². The van der Waals surface area contributed by atoms with E-state index in [-0.39, 0.29) is 6.10 Å². The topological polar surface area (TPSA) is 67.8 Å². The average molecular weight is 377 g/mol. The number of hydrogen-bond acceptors (Lipinski definition) is 4. The van der Waals surface area contributed by atoms with Crippen LogP contribution in [0.1, 0.15) is 78.1 Å². The Labute approximate surface area is 165 Å². The first-order valence-electron chi connectivity index (χ1n) is 11.5. The normalized spacial score (nSPS) is 49.5. The Hall–Kier alpha value is -0.610. The van der Waals surface area contributed by atoms with Crippen LogP contribution in [-0.4, -0.2) is 30.6 Å². The Bertz CT molecular complexity index is 552. The fraction of sp³-hybridized carbons (Fsp3) is 0.957. The van der Waals surface area contributed by atoms with Crippen LogP contribution >= 0.6 is 0 Å². The van der Waals surface area contributed by atoms with Gasteiger partial charge in [-0.3, -0.25) is 0 Å². The summed E-state index contributed by atoms with van der Waals surface area (Å²) in [6.07, 6.45) is 14.3. The Morgan fingerprint density at radius 1 is 1.04 bits per heavy atom. The van der Waals surface area contributed by atoms with Gasteiger partial charge in [-0.15, -0.1) is 0 Å². The maximum Gasteiger partial charge on any atom is 0.118 e. The van der Waals surface area contributed by atoms with E-state index in [2.05, 4.69) is 25.2 Å². The van der Waals surface area contributed by atoms with Gasteiger partial charge < -0.3 is 15.7 Å². The summed E-state index contributed by atoms with van der Waals surface area (Å²) in [5.41, 5.74) is 6.40. The Morgan fingerprint density at radius 2 is 1.81 bits per heavy atom. The molecule has 0 saturated heterocycles. The van der Waals surface area contributed by atoms with Crippen LogP contribution < -0.4 is 5.73 Å². The molecule has 8 atom stereocenters. The van der Waals surface area contributed by atoms with Gasteiger partial charge in [-0.1, -0.05) is 19.0 Å². The molecule has 27 heavy (non-hydrogen) atoms. The van der Waals surface area contributed by atoms with Crippen molar-refractivity contribution in [3.05, 3.63) is 0 Å². The molecule has 4 rings (SSSR count). The molecule has 3 unspecified atom stereocenters. The summed E-state index contributed by atoms with van der Waals surface area (Å²) in [6.45, 7) is 6.41. The maximum atomic E-state index is 10.2. The number of hydrogen-bond donors (Lipinski definition) is 2. The van der Waals surface area contributed by atoms with Gasteiger partial charge in [0.25, 0.3) is 0 Å². The van der Waals surface area contributed by atoms with Crippen molar-refractivity contribution < 1.29 is 9.94 Å². The highest BCUT2D eigenvalue weighted by Crippen LogP contribution is 2.67. The SMILES string of the molecule is C[C@]12CCC(O)CC1CC[C@@H]1[C@H]2CC[C@]2(C)C(/C=N/OCCCN)CC[C@@H]12. The molecule has 4 saturated carbocycles. The van der Waals surface area contributed by atoms with Crippen LogP contribution in [0.5, 0.6) is 0 Å².